The van der Waals surface area contributed by atoms with E-state index < -0.39 is 0 Å². The van der Waals surface area contributed by atoms with Crippen LogP contribution in [0.4, 0.5) is 11.6 Å². The van der Waals surface area contributed by atoms with E-state index in [4.69, 9.17) is 4.74 Å². The molecule has 28 heavy (non-hydrogen) atoms. The van der Waals surface area contributed by atoms with Crippen LogP contribution in [0.5, 0.6) is 5.75 Å². The normalized spacial score (nSPS) is 10.2. The number of hydrogen-bond donors (Lipinski definition) is 2. The fourth-order valence-electron chi connectivity index (χ4n) is 2.48. The van der Waals surface area contributed by atoms with Gasteiger partial charge in [0.05, 0.1) is 7.11 Å². The molecule has 0 fully saturated rings. The lowest BCUT2D eigenvalue weighted by molar-refractivity contribution is 0.0945. The van der Waals surface area contributed by atoms with Crippen molar-refractivity contribution in [3.63, 3.8) is 0 Å². The summed E-state index contributed by atoms with van der Waals surface area (Å²) < 4.78 is 5.12. The quantitative estimate of drug-likeness (QED) is 0.614. The van der Waals surface area contributed by atoms with Crippen molar-refractivity contribution in [2.24, 2.45) is 0 Å². The van der Waals surface area contributed by atoms with Crippen LogP contribution < -0.4 is 15.4 Å². The first-order valence-electron chi connectivity index (χ1n) is 8.67. The molecule has 0 unspecified atom stereocenters. The van der Waals surface area contributed by atoms with Crippen molar-refractivity contribution in [1.82, 2.24) is 15.3 Å². The molecular weight excluding hydrogens is 356 g/mol. The standard InChI is InChI=1S/C21H20N4O3/c1-14(26)16-5-7-17(8-6-16)24-21-22-12-11-19(25-21)20(27)23-13-15-3-9-18(28-2)10-4-15/h3-12H,13H2,1-2H3,(H,23,27)(H,22,24,25). The van der Waals surface area contributed by atoms with Gasteiger partial charge in [0.1, 0.15) is 11.4 Å². The molecule has 0 bridgehead atoms. The SMILES string of the molecule is COc1ccc(CNC(=O)c2ccnc(Nc3ccc(C(C)=O)cc3)n2)cc1. The number of carbonyl (C=O) groups is 2. The molecule has 3 rings (SSSR count). The van der Waals surface area contributed by atoms with Gasteiger partial charge in [-0.2, -0.15) is 0 Å². The fraction of sp³-hybridized carbons (Fsp3) is 0.143. The molecule has 0 aliphatic carbocycles. The third-order valence-corrected chi connectivity index (χ3v) is 4.05. The number of rotatable bonds is 7. The molecule has 1 amide bonds. The number of hydrogen-bond acceptors (Lipinski definition) is 6. The first kappa shape index (κ1) is 19.0. The van der Waals surface area contributed by atoms with Crippen LogP contribution in [0.25, 0.3) is 0 Å². The highest BCUT2D eigenvalue weighted by Gasteiger charge is 2.09. The van der Waals surface area contributed by atoms with Gasteiger partial charge >= 0.3 is 0 Å². The van der Waals surface area contributed by atoms with Crippen molar-refractivity contribution < 1.29 is 14.3 Å². The van der Waals surface area contributed by atoms with Crippen molar-refractivity contribution in [2.75, 3.05) is 12.4 Å². The number of carbonyl (C=O) groups excluding carboxylic acids is 2. The van der Waals surface area contributed by atoms with Crippen LogP contribution in [0, 0.1) is 0 Å². The Morgan fingerprint density at radius 1 is 1.00 bits per heavy atom. The second kappa shape index (κ2) is 8.77. The molecule has 0 saturated carbocycles. The van der Waals surface area contributed by atoms with E-state index in [-0.39, 0.29) is 17.4 Å². The highest BCUT2D eigenvalue weighted by Crippen LogP contribution is 2.15. The van der Waals surface area contributed by atoms with Crippen LogP contribution in [-0.4, -0.2) is 28.8 Å². The van der Waals surface area contributed by atoms with Gasteiger partial charge in [0, 0.05) is 24.0 Å². The summed E-state index contributed by atoms with van der Waals surface area (Å²) in [4.78, 5) is 32.1. The highest BCUT2D eigenvalue weighted by molar-refractivity contribution is 5.94. The maximum Gasteiger partial charge on any atom is 0.270 e. The van der Waals surface area contributed by atoms with E-state index in [1.807, 2.05) is 24.3 Å². The van der Waals surface area contributed by atoms with E-state index >= 15 is 0 Å². The predicted molar refractivity (Wildman–Crippen MR) is 106 cm³/mol. The number of anilines is 2. The van der Waals surface area contributed by atoms with Crippen molar-refractivity contribution in [2.45, 2.75) is 13.5 Å². The minimum atomic E-state index is -0.298. The lowest BCUT2D eigenvalue weighted by Crippen LogP contribution is -2.24. The number of Topliss-reactive ketones (excluding diaryl/α,β-unsaturated/α-hetero) is 1. The summed E-state index contributed by atoms with van der Waals surface area (Å²) in [6, 6.07) is 16.0. The largest absolute Gasteiger partial charge is 0.497 e. The Hall–Kier alpha value is -3.74. The van der Waals surface area contributed by atoms with Gasteiger partial charge < -0.3 is 15.4 Å². The molecule has 7 heteroatoms. The van der Waals surface area contributed by atoms with Crippen LogP contribution in [0.15, 0.2) is 60.8 Å². The molecule has 142 valence electrons. The monoisotopic (exact) mass is 376 g/mol. The summed E-state index contributed by atoms with van der Waals surface area (Å²) in [6.45, 7) is 1.89. The first-order chi connectivity index (χ1) is 13.5. The number of ether oxygens (including phenoxy) is 1. The van der Waals surface area contributed by atoms with Crippen LogP contribution >= 0.6 is 0 Å². The zero-order valence-electron chi connectivity index (χ0n) is 15.6. The minimum Gasteiger partial charge on any atom is -0.497 e. The number of nitrogens with one attached hydrogen (secondary N) is 2. The van der Waals surface area contributed by atoms with Crippen LogP contribution in [-0.2, 0) is 6.54 Å². The van der Waals surface area contributed by atoms with Crippen molar-refractivity contribution >= 4 is 23.3 Å². The maximum atomic E-state index is 12.4. The van der Waals surface area contributed by atoms with Gasteiger partial charge in [-0.15, -0.1) is 0 Å². The van der Waals surface area contributed by atoms with Gasteiger partial charge in [0.2, 0.25) is 5.95 Å². The van der Waals surface area contributed by atoms with Crippen molar-refractivity contribution in [3.05, 3.63) is 77.6 Å². The first-order valence-corrected chi connectivity index (χ1v) is 8.67. The Balaban J connectivity index is 1.62. The summed E-state index contributed by atoms with van der Waals surface area (Å²) in [5.41, 5.74) is 2.55. The molecule has 3 aromatic rings. The van der Waals surface area contributed by atoms with Crippen molar-refractivity contribution in [3.8, 4) is 5.75 Å². The molecule has 0 aliphatic heterocycles. The molecule has 1 heterocycles. The number of amides is 1. The van der Waals surface area contributed by atoms with Gasteiger partial charge in [-0.05, 0) is 55.0 Å². The third kappa shape index (κ3) is 4.91. The molecule has 2 N–H and O–H groups in total. The van der Waals surface area contributed by atoms with Gasteiger partial charge in [-0.25, -0.2) is 9.97 Å². The summed E-state index contributed by atoms with van der Waals surface area (Å²) >= 11 is 0. The molecule has 0 aliphatic rings. The molecule has 2 aromatic carbocycles. The van der Waals surface area contributed by atoms with Gasteiger partial charge in [-0.1, -0.05) is 12.1 Å². The Bertz CT molecular complexity index is 970. The number of nitrogens with zero attached hydrogens (tertiary/aromatic N) is 2. The highest BCUT2D eigenvalue weighted by atomic mass is 16.5. The van der Waals surface area contributed by atoms with Gasteiger partial charge in [0.15, 0.2) is 5.78 Å². The second-order valence-corrected chi connectivity index (χ2v) is 6.05. The van der Waals surface area contributed by atoms with E-state index in [9.17, 15) is 9.59 Å². The zero-order chi connectivity index (χ0) is 19.9. The van der Waals surface area contributed by atoms with Crippen molar-refractivity contribution in [1.29, 1.82) is 0 Å². The molecule has 0 atom stereocenters. The minimum absolute atomic E-state index is 0.00155. The Kier molecular flexibility index (Phi) is 5.96. The molecule has 0 spiro atoms. The van der Waals surface area contributed by atoms with E-state index in [2.05, 4.69) is 20.6 Å². The molecule has 1 aromatic heterocycles. The Morgan fingerprint density at radius 3 is 2.36 bits per heavy atom. The smallest absolute Gasteiger partial charge is 0.270 e. The summed E-state index contributed by atoms with van der Waals surface area (Å²) in [6.07, 6.45) is 1.52. The molecule has 0 radical (unpaired) electrons. The number of ketones is 1. The Labute approximate surface area is 162 Å². The van der Waals surface area contributed by atoms with Gasteiger partial charge in [0.25, 0.3) is 5.91 Å². The molecular formula is C21H20N4O3. The summed E-state index contributed by atoms with van der Waals surface area (Å²) in [5, 5.41) is 5.85. The van der Waals surface area contributed by atoms with E-state index in [1.54, 1.807) is 37.4 Å². The average molecular weight is 376 g/mol. The average Bonchev–Trinajstić information content (AvgIpc) is 2.73. The third-order valence-electron chi connectivity index (χ3n) is 4.05. The van der Waals surface area contributed by atoms with E-state index in [0.29, 0.717) is 18.1 Å². The van der Waals surface area contributed by atoms with E-state index in [0.717, 1.165) is 17.0 Å². The molecule has 0 saturated heterocycles. The predicted octanol–water partition coefficient (Wildman–Crippen LogP) is 3.36. The van der Waals surface area contributed by atoms with Gasteiger partial charge in [-0.3, -0.25) is 9.59 Å². The van der Waals surface area contributed by atoms with Crippen LogP contribution in [0.2, 0.25) is 0 Å². The zero-order valence-corrected chi connectivity index (χ0v) is 15.6. The van der Waals surface area contributed by atoms with Crippen LogP contribution in [0.1, 0.15) is 33.3 Å². The number of benzene rings is 2. The lowest BCUT2D eigenvalue weighted by atomic mass is 10.1. The second-order valence-electron chi connectivity index (χ2n) is 6.05. The molecule has 7 nitrogen and oxygen atoms in total. The van der Waals surface area contributed by atoms with Crippen LogP contribution in [0.3, 0.4) is 0 Å². The van der Waals surface area contributed by atoms with E-state index in [1.165, 1.54) is 13.1 Å². The fourth-order valence-corrected chi connectivity index (χ4v) is 2.48. The summed E-state index contributed by atoms with van der Waals surface area (Å²) in [7, 11) is 1.61. The number of aromatic nitrogens is 2. The Morgan fingerprint density at radius 2 is 1.71 bits per heavy atom. The maximum absolute atomic E-state index is 12.4. The topological polar surface area (TPSA) is 93.2 Å². The summed E-state index contributed by atoms with van der Waals surface area (Å²) in [5.74, 6) is 0.761. The lowest BCUT2D eigenvalue weighted by Gasteiger charge is -2.08. The number of methoxy groups -OCH3 is 1.